The fraction of sp³-hybridized carbons (Fsp3) is 0.650. The molecule has 0 spiro atoms. The van der Waals surface area contributed by atoms with E-state index >= 15 is 0 Å². The average Bonchev–Trinajstić information content (AvgIpc) is 3.20. The van der Waals surface area contributed by atoms with E-state index in [4.69, 9.17) is 4.74 Å². The van der Waals surface area contributed by atoms with Crippen LogP contribution in [0.2, 0.25) is 0 Å². The maximum Gasteiger partial charge on any atom is 0.227 e. The molecule has 1 heterocycles. The predicted octanol–water partition coefficient (Wildman–Crippen LogP) is 3.09. The molecule has 2 saturated carbocycles. The fourth-order valence-electron chi connectivity index (χ4n) is 4.67. The van der Waals surface area contributed by atoms with Crippen molar-refractivity contribution in [3.05, 3.63) is 35.4 Å². The molecule has 3 atom stereocenters. The molecule has 0 radical (unpaired) electrons. The fourth-order valence-corrected chi connectivity index (χ4v) is 5.82. The second-order valence-electron chi connectivity index (χ2n) is 7.86. The Kier molecular flexibility index (Phi) is 5.16. The van der Waals surface area contributed by atoms with Crippen LogP contribution < -0.4 is 5.32 Å². The second-order valence-corrected chi connectivity index (χ2v) is 8.96. The van der Waals surface area contributed by atoms with Crippen LogP contribution in [0.5, 0.6) is 0 Å². The van der Waals surface area contributed by atoms with Crippen molar-refractivity contribution in [1.82, 2.24) is 10.2 Å². The summed E-state index contributed by atoms with van der Waals surface area (Å²) in [6.07, 6.45) is 4.47. The zero-order valence-corrected chi connectivity index (χ0v) is 16.3. The van der Waals surface area contributed by atoms with Gasteiger partial charge in [0, 0.05) is 31.0 Å². The largest absolute Gasteiger partial charge is 0.379 e. The lowest BCUT2D eigenvalue weighted by Crippen LogP contribution is -2.43. The molecule has 1 aromatic rings. The number of carbonyl (C=O) groups excluding carboxylic acids is 1. The summed E-state index contributed by atoms with van der Waals surface area (Å²) >= 11 is 3.76. The maximum absolute atomic E-state index is 12.8. The molecule has 5 heteroatoms. The maximum atomic E-state index is 12.8. The molecule has 1 amide bonds. The molecular weight excluding hydrogens is 380 g/mol. The van der Waals surface area contributed by atoms with E-state index in [1.807, 2.05) is 0 Å². The number of rotatable bonds is 5. The number of hydrogen-bond donors (Lipinski definition) is 1. The van der Waals surface area contributed by atoms with E-state index in [1.54, 1.807) is 0 Å². The van der Waals surface area contributed by atoms with E-state index in [1.165, 1.54) is 17.5 Å². The highest BCUT2D eigenvalue weighted by molar-refractivity contribution is 9.09. The number of fused-ring (bicyclic) bond motifs is 2. The molecule has 1 aromatic carbocycles. The van der Waals surface area contributed by atoms with E-state index in [2.05, 4.69) is 50.4 Å². The SMILES string of the molecule is O=C(NCc1ccc(CN2CCOCC2)cc1)[C@@]12CC[C@@H](C[C@@H]1Br)C2. The van der Waals surface area contributed by atoms with Gasteiger partial charge < -0.3 is 10.1 Å². The van der Waals surface area contributed by atoms with Gasteiger partial charge in [-0.15, -0.1) is 0 Å². The van der Waals surface area contributed by atoms with Gasteiger partial charge in [0.15, 0.2) is 0 Å². The van der Waals surface area contributed by atoms with Crippen molar-refractivity contribution in [1.29, 1.82) is 0 Å². The van der Waals surface area contributed by atoms with Crippen LogP contribution in [0.3, 0.4) is 0 Å². The molecular formula is C20H27BrN2O2. The number of ether oxygens (including phenoxy) is 1. The van der Waals surface area contributed by atoms with Crippen LogP contribution in [0.4, 0.5) is 0 Å². The van der Waals surface area contributed by atoms with Crippen LogP contribution in [0, 0.1) is 11.3 Å². The van der Waals surface area contributed by atoms with E-state index in [0.29, 0.717) is 11.4 Å². The number of morpholine rings is 1. The molecule has 1 aliphatic heterocycles. The summed E-state index contributed by atoms with van der Waals surface area (Å²) in [5.74, 6) is 0.987. The van der Waals surface area contributed by atoms with Gasteiger partial charge in [0.05, 0.1) is 18.6 Å². The number of halogens is 1. The van der Waals surface area contributed by atoms with Crippen LogP contribution >= 0.6 is 15.9 Å². The molecule has 1 saturated heterocycles. The number of hydrogen-bond acceptors (Lipinski definition) is 3. The van der Waals surface area contributed by atoms with Crippen molar-refractivity contribution in [2.24, 2.45) is 11.3 Å². The molecule has 2 bridgehead atoms. The smallest absolute Gasteiger partial charge is 0.227 e. The first-order valence-electron chi connectivity index (χ1n) is 9.46. The molecule has 4 nitrogen and oxygen atoms in total. The summed E-state index contributed by atoms with van der Waals surface area (Å²) in [4.78, 5) is 15.6. The minimum Gasteiger partial charge on any atom is -0.379 e. The van der Waals surface area contributed by atoms with Gasteiger partial charge in [0.25, 0.3) is 0 Å². The van der Waals surface area contributed by atoms with Gasteiger partial charge in [-0.3, -0.25) is 9.69 Å². The number of nitrogens with one attached hydrogen (secondary N) is 1. The Morgan fingerprint density at radius 3 is 2.60 bits per heavy atom. The lowest BCUT2D eigenvalue weighted by Gasteiger charge is -2.30. The minimum absolute atomic E-state index is 0.152. The number of amides is 1. The van der Waals surface area contributed by atoms with Gasteiger partial charge in [-0.2, -0.15) is 0 Å². The Bertz CT molecular complexity index is 615. The van der Waals surface area contributed by atoms with Crippen molar-refractivity contribution in [2.75, 3.05) is 26.3 Å². The normalized spacial score (nSPS) is 32.0. The summed E-state index contributed by atoms with van der Waals surface area (Å²) < 4.78 is 5.40. The highest BCUT2D eigenvalue weighted by Gasteiger charge is 2.55. The van der Waals surface area contributed by atoms with Crippen LogP contribution in [0.15, 0.2) is 24.3 Å². The van der Waals surface area contributed by atoms with Crippen LogP contribution in [-0.4, -0.2) is 41.9 Å². The highest BCUT2D eigenvalue weighted by atomic mass is 79.9. The summed E-state index contributed by atoms with van der Waals surface area (Å²) in [7, 11) is 0. The van der Waals surface area contributed by atoms with Gasteiger partial charge in [-0.05, 0) is 42.7 Å². The highest BCUT2D eigenvalue weighted by Crippen LogP contribution is 2.57. The first-order valence-corrected chi connectivity index (χ1v) is 10.4. The Labute approximate surface area is 158 Å². The number of carbonyl (C=O) groups is 1. The third-order valence-corrected chi connectivity index (χ3v) is 7.48. The van der Waals surface area contributed by atoms with Crippen molar-refractivity contribution >= 4 is 21.8 Å². The lowest BCUT2D eigenvalue weighted by molar-refractivity contribution is -0.130. The van der Waals surface area contributed by atoms with Gasteiger partial charge in [0.1, 0.15) is 0 Å². The Morgan fingerprint density at radius 2 is 1.96 bits per heavy atom. The second kappa shape index (κ2) is 7.37. The Hall–Kier alpha value is -0.910. The van der Waals surface area contributed by atoms with E-state index < -0.39 is 0 Å². The quantitative estimate of drug-likeness (QED) is 0.763. The van der Waals surface area contributed by atoms with Crippen LogP contribution in [0.25, 0.3) is 0 Å². The molecule has 0 unspecified atom stereocenters. The van der Waals surface area contributed by atoms with Crippen molar-refractivity contribution < 1.29 is 9.53 Å². The van der Waals surface area contributed by atoms with Gasteiger partial charge >= 0.3 is 0 Å². The molecule has 3 aliphatic rings. The number of nitrogens with zero attached hydrogens (tertiary/aromatic N) is 1. The van der Waals surface area contributed by atoms with Crippen molar-refractivity contribution in [3.63, 3.8) is 0 Å². The Morgan fingerprint density at radius 1 is 1.24 bits per heavy atom. The van der Waals surface area contributed by atoms with Gasteiger partial charge in [-0.1, -0.05) is 40.2 Å². The van der Waals surface area contributed by atoms with E-state index in [0.717, 1.165) is 58.0 Å². The zero-order chi connectivity index (χ0) is 17.3. The number of benzene rings is 1. The van der Waals surface area contributed by atoms with Gasteiger partial charge in [-0.25, -0.2) is 0 Å². The first kappa shape index (κ1) is 17.5. The average molecular weight is 407 g/mol. The van der Waals surface area contributed by atoms with E-state index in [-0.39, 0.29) is 11.3 Å². The summed E-state index contributed by atoms with van der Waals surface area (Å²) in [6, 6.07) is 8.66. The molecule has 2 aliphatic carbocycles. The predicted molar refractivity (Wildman–Crippen MR) is 101 cm³/mol. The molecule has 136 valence electrons. The van der Waals surface area contributed by atoms with E-state index in [9.17, 15) is 4.79 Å². The molecule has 3 fully saturated rings. The zero-order valence-electron chi connectivity index (χ0n) is 14.7. The van der Waals surface area contributed by atoms with Crippen LogP contribution in [-0.2, 0) is 22.6 Å². The monoisotopic (exact) mass is 406 g/mol. The van der Waals surface area contributed by atoms with Crippen molar-refractivity contribution in [3.8, 4) is 0 Å². The third kappa shape index (κ3) is 3.64. The molecule has 4 rings (SSSR count). The standard InChI is InChI=1S/C20H27BrN2O2/c21-18-11-17-5-6-20(18,12-17)19(24)22-13-15-1-3-16(4-2-15)14-23-7-9-25-10-8-23/h1-4,17-18H,5-14H2,(H,22,24)/t17-,18-,20+/m0/s1. The first-order chi connectivity index (χ1) is 12.2. The summed E-state index contributed by atoms with van der Waals surface area (Å²) in [5.41, 5.74) is 2.35. The molecule has 0 aromatic heterocycles. The lowest BCUT2D eigenvalue weighted by atomic mass is 9.83. The Balaban J connectivity index is 1.30. The number of alkyl halides is 1. The summed E-state index contributed by atoms with van der Waals surface area (Å²) in [6.45, 7) is 5.29. The molecule has 1 N–H and O–H groups in total. The van der Waals surface area contributed by atoms with Gasteiger partial charge in [0.2, 0.25) is 5.91 Å². The minimum atomic E-state index is -0.152. The molecule has 25 heavy (non-hydrogen) atoms. The third-order valence-electron chi connectivity index (χ3n) is 6.23. The van der Waals surface area contributed by atoms with Crippen molar-refractivity contribution in [2.45, 2.75) is 43.6 Å². The topological polar surface area (TPSA) is 41.6 Å². The summed E-state index contributed by atoms with van der Waals surface area (Å²) in [5, 5.41) is 3.19. The van der Waals surface area contributed by atoms with Crippen LogP contribution in [0.1, 0.15) is 36.8 Å².